The van der Waals surface area contributed by atoms with Gasteiger partial charge in [-0.2, -0.15) is 3.97 Å². The van der Waals surface area contributed by atoms with E-state index in [1.54, 1.807) is 0 Å². The van der Waals surface area contributed by atoms with Gasteiger partial charge in [-0.05, 0) is 6.42 Å². The van der Waals surface area contributed by atoms with Gasteiger partial charge < -0.3 is 4.74 Å². The summed E-state index contributed by atoms with van der Waals surface area (Å²) in [6.07, 6.45) is 0.563. The first-order valence-corrected chi connectivity index (χ1v) is 5.61. The standard InChI is InChI=1S/C8H8ClFN2O3S/c9-6-3-7(13)11(5-1-2-15-4-5)8(14)12(6)16-10/h3,5H,1-2,4H2. The number of hydrogen-bond acceptors (Lipinski definition) is 4. The van der Waals surface area contributed by atoms with E-state index in [-0.39, 0.29) is 30.1 Å². The summed E-state index contributed by atoms with van der Waals surface area (Å²) in [5.41, 5.74) is -1.30. The van der Waals surface area contributed by atoms with E-state index in [1.165, 1.54) is 0 Å². The van der Waals surface area contributed by atoms with Crippen LogP contribution in [0.4, 0.5) is 3.89 Å². The fourth-order valence-corrected chi connectivity index (χ4v) is 2.15. The first-order valence-electron chi connectivity index (χ1n) is 4.56. The molecule has 88 valence electrons. The molecule has 1 saturated heterocycles. The second kappa shape index (κ2) is 4.60. The number of aromatic nitrogens is 2. The van der Waals surface area contributed by atoms with Crippen LogP contribution in [0.2, 0.25) is 5.15 Å². The van der Waals surface area contributed by atoms with Gasteiger partial charge in [0, 0.05) is 12.7 Å². The van der Waals surface area contributed by atoms with Crippen molar-refractivity contribution >= 4 is 23.9 Å². The molecule has 2 heterocycles. The fraction of sp³-hybridized carbons (Fsp3) is 0.500. The highest BCUT2D eigenvalue weighted by molar-refractivity contribution is 7.92. The summed E-state index contributed by atoms with van der Waals surface area (Å²) in [4.78, 5) is 23.3. The van der Waals surface area contributed by atoms with E-state index in [4.69, 9.17) is 16.3 Å². The van der Waals surface area contributed by atoms with Crippen molar-refractivity contribution in [1.82, 2.24) is 8.54 Å². The minimum absolute atomic E-state index is 0.224. The molecule has 1 aliphatic heterocycles. The highest BCUT2D eigenvalue weighted by Gasteiger charge is 2.23. The molecule has 1 aromatic heterocycles. The molecule has 0 spiro atoms. The first-order chi connectivity index (χ1) is 7.65. The van der Waals surface area contributed by atoms with Crippen LogP contribution in [-0.2, 0) is 4.74 Å². The summed E-state index contributed by atoms with van der Waals surface area (Å²) in [5.74, 6) is 0. The summed E-state index contributed by atoms with van der Waals surface area (Å²) >= 11 is 5.25. The molecule has 1 fully saturated rings. The van der Waals surface area contributed by atoms with Gasteiger partial charge in [0.15, 0.2) is 12.3 Å². The van der Waals surface area contributed by atoms with Gasteiger partial charge in [-0.15, -0.1) is 3.89 Å². The fourth-order valence-electron chi connectivity index (χ4n) is 1.64. The lowest BCUT2D eigenvalue weighted by molar-refractivity contribution is 0.185. The Morgan fingerprint density at radius 1 is 1.56 bits per heavy atom. The second-order valence-electron chi connectivity index (χ2n) is 3.34. The molecule has 0 bridgehead atoms. The molecule has 16 heavy (non-hydrogen) atoms. The Bertz CT molecular complexity index is 509. The lowest BCUT2D eigenvalue weighted by atomic mass is 10.2. The van der Waals surface area contributed by atoms with Crippen LogP contribution in [0, 0.1) is 0 Å². The zero-order valence-electron chi connectivity index (χ0n) is 8.06. The van der Waals surface area contributed by atoms with Crippen molar-refractivity contribution in [3.05, 3.63) is 32.1 Å². The van der Waals surface area contributed by atoms with Crippen molar-refractivity contribution in [2.75, 3.05) is 13.2 Å². The first kappa shape index (κ1) is 11.7. The summed E-state index contributed by atoms with van der Waals surface area (Å²) in [5, 5.41) is -0.224. The minimum Gasteiger partial charge on any atom is -0.379 e. The Balaban J connectivity index is 2.60. The summed E-state index contributed by atoms with van der Waals surface area (Å²) < 4.78 is 19.2. The second-order valence-corrected chi connectivity index (χ2v) is 4.23. The molecular formula is C8H8ClFN2O3S. The van der Waals surface area contributed by atoms with Crippen molar-refractivity contribution in [2.24, 2.45) is 0 Å². The normalized spacial score (nSPS) is 20.2. The van der Waals surface area contributed by atoms with Gasteiger partial charge in [0.05, 0.1) is 12.6 Å². The smallest absolute Gasteiger partial charge is 0.344 e. The van der Waals surface area contributed by atoms with Crippen molar-refractivity contribution in [3.63, 3.8) is 0 Å². The third kappa shape index (κ3) is 1.90. The van der Waals surface area contributed by atoms with Gasteiger partial charge in [0.25, 0.3) is 5.56 Å². The Morgan fingerprint density at radius 2 is 2.31 bits per heavy atom. The predicted octanol–water partition coefficient (Wildman–Crippen LogP) is 1.01. The van der Waals surface area contributed by atoms with E-state index in [9.17, 15) is 13.5 Å². The molecule has 0 aromatic carbocycles. The average molecular weight is 267 g/mol. The number of ether oxygens (including phenoxy) is 1. The van der Waals surface area contributed by atoms with Crippen LogP contribution in [0.5, 0.6) is 0 Å². The molecule has 0 amide bonds. The number of nitrogens with zero attached hydrogens (tertiary/aromatic N) is 2. The number of rotatable bonds is 2. The van der Waals surface area contributed by atoms with Crippen molar-refractivity contribution in [3.8, 4) is 0 Å². The van der Waals surface area contributed by atoms with E-state index in [1.807, 2.05) is 0 Å². The van der Waals surface area contributed by atoms with Crippen LogP contribution in [-0.4, -0.2) is 21.8 Å². The number of halogens is 2. The summed E-state index contributed by atoms with van der Waals surface area (Å²) in [7, 11) is 0. The van der Waals surface area contributed by atoms with Gasteiger partial charge in [0.2, 0.25) is 0 Å². The topological polar surface area (TPSA) is 53.2 Å². The largest absolute Gasteiger partial charge is 0.379 e. The van der Waals surface area contributed by atoms with Crippen LogP contribution in [0.25, 0.3) is 0 Å². The maximum absolute atomic E-state index is 12.5. The average Bonchev–Trinajstić information content (AvgIpc) is 2.70. The highest BCUT2D eigenvalue weighted by atomic mass is 35.5. The Morgan fingerprint density at radius 3 is 2.88 bits per heavy atom. The van der Waals surface area contributed by atoms with Crippen LogP contribution in [0.1, 0.15) is 12.5 Å². The van der Waals surface area contributed by atoms with Gasteiger partial charge in [-0.1, -0.05) is 11.6 Å². The van der Waals surface area contributed by atoms with E-state index >= 15 is 0 Å². The predicted molar refractivity (Wildman–Crippen MR) is 58.5 cm³/mol. The molecule has 0 saturated carbocycles. The summed E-state index contributed by atoms with van der Waals surface area (Å²) in [6, 6.07) is 0.684. The van der Waals surface area contributed by atoms with Crippen LogP contribution in [0.15, 0.2) is 15.7 Å². The van der Waals surface area contributed by atoms with Crippen molar-refractivity contribution < 1.29 is 8.62 Å². The van der Waals surface area contributed by atoms with Crippen molar-refractivity contribution in [2.45, 2.75) is 12.5 Å². The Kier molecular flexibility index (Phi) is 3.36. The molecule has 1 aromatic rings. The van der Waals surface area contributed by atoms with E-state index in [0.29, 0.717) is 17.0 Å². The monoisotopic (exact) mass is 266 g/mol. The molecule has 8 heteroatoms. The maximum Gasteiger partial charge on any atom is 0.344 e. The van der Waals surface area contributed by atoms with Crippen molar-refractivity contribution in [1.29, 1.82) is 0 Å². The zero-order valence-corrected chi connectivity index (χ0v) is 9.63. The molecular weight excluding hydrogens is 259 g/mol. The molecule has 0 radical (unpaired) electrons. The van der Waals surface area contributed by atoms with Gasteiger partial charge in [-0.3, -0.25) is 9.36 Å². The molecule has 0 N–H and O–H groups in total. The van der Waals surface area contributed by atoms with E-state index in [2.05, 4.69) is 0 Å². The highest BCUT2D eigenvalue weighted by Crippen LogP contribution is 2.17. The molecule has 2 rings (SSSR count). The SMILES string of the molecule is O=c1cc(Cl)n(SF)c(=O)n1C1CCOC1. The molecule has 0 aliphatic carbocycles. The third-order valence-corrected chi connectivity index (χ3v) is 3.26. The Hall–Kier alpha value is -0.790. The van der Waals surface area contributed by atoms with Gasteiger partial charge in [-0.25, -0.2) is 4.79 Å². The lowest BCUT2D eigenvalue weighted by Crippen LogP contribution is -2.40. The molecule has 5 nitrogen and oxygen atoms in total. The quantitative estimate of drug-likeness (QED) is 0.750. The Labute approximate surface area is 99.2 Å². The van der Waals surface area contributed by atoms with Crippen LogP contribution in [0.3, 0.4) is 0 Å². The van der Waals surface area contributed by atoms with Gasteiger partial charge >= 0.3 is 5.69 Å². The van der Waals surface area contributed by atoms with Crippen LogP contribution >= 0.6 is 23.9 Å². The molecule has 1 atom stereocenters. The van der Waals surface area contributed by atoms with E-state index in [0.717, 1.165) is 10.6 Å². The number of hydrogen-bond donors (Lipinski definition) is 0. The zero-order chi connectivity index (χ0) is 11.7. The third-order valence-electron chi connectivity index (χ3n) is 2.39. The van der Waals surface area contributed by atoms with Gasteiger partial charge in [0.1, 0.15) is 5.15 Å². The maximum atomic E-state index is 12.5. The molecule has 1 aliphatic rings. The minimum atomic E-state index is -0.763. The lowest BCUT2D eigenvalue weighted by Gasteiger charge is -2.12. The van der Waals surface area contributed by atoms with E-state index < -0.39 is 11.2 Å². The summed E-state index contributed by atoms with van der Waals surface area (Å²) in [6.45, 7) is 0.773. The van der Waals surface area contributed by atoms with Crippen LogP contribution < -0.4 is 11.2 Å². The molecule has 1 unspecified atom stereocenters.